The van der Waals surface area contributed by atoms with Crippen molar-refractivity contribution in [2.24, 2.45) is 11.8 Å². The van der Waals surface area contributed by atoms with E-state index in [1.54, 1.807) is 0 Å². The molecule has 1 saturated heterocycles. The van der Waals surface area contributed by atoms with Gasteiger partial charge in [0.2, 0.25) is 0 Å². The van der Waals surface area contributed by atoms with Crippen molar-refractivity contribution in [1.82, 2.24) is 9.03 Å². The van der Waals surface area contributed by atoms with Crippen molar-refractivity contribution in [2.75, 3.05) is 19.6 Å². The molecule has 1 aliphatic heterocycles. The van der Waals surface area contributed by atoms with Crippen LogP contribution in [0.1, 0.15) is 33.1 Å². The van der Waals surface area contributed by atoms with E-state index in [0.717, 1.165) is 6.42 Å². The molecule has 0 aromatic heterocycles. The third-order valence-electron chi connectivity index (χ3n) is 3.03. The highest BCUT2D eigenvalue weighted by molar-refractivity contribution is 7.87. The van der Waals surface area contributed by atoms with Gasteiger partial charge in [0, 0.05) is 26.1 Å². The number of carbonyl (C=O) groups is 1. The van der Waals surface area contributed by atoms with Gasteiger partial charge in [-0.15, -0.1) is 0 Å². The van der Waals surface area contributed by atoms with Gasteiger partial charge in [-0.3, -0.25) is 4.79 Å². The largest absolute Gasteiger partial charge is 0.481 e. The second-order valence-corrected chi connectivity index (χ2v) is 6.91. The Hall–Kier alpha value is -0.660. The lowest BCUT2D eigenvalue weighted by Crippen LogP contribution is -2.48. The molecule has 0 aromatic rings. The summed E-state index contributed by atoms with van der Waals surface area (Å²) in [6.45, 7) is 5.34. The molecule has 0 spiro atoms. The van der Waals surface area contributed by atoms with Crippen LogP contribution < -0.4 is 4.72 Å². The van der Waals surface area contributed by atoms with Gasteiger partial charge < -0.3 is 5.11 Å². The van der Waals surface area contributed by atoms with E-state index in [-0.39, 0.29) is 13.0 Å². The maximum Gasteiger partial charge on any atom is 0.303 e. The van der Waals surface area contributed by atoms with E-state index < -0.39 is 16.2 Å². The number of aliphatic carboxylic acids is 1. The predicted octanol–water partition coefficient (Wildman–Crippen LogP) is 0.663. The number of hydrogen-bond donors (Lipinski definition) is 2. The van der Waals surface area contributed by atoms with Crippen LogP contribution in [0.15, 0.2) is 0 Å². The number of rotatable bonds is 6. The van der Waals surface area contributed by atoms with Crippen LogP contribution in [0.5, 0.6) is 0 Å². The molecule has 0 bridgehead atoms. The lowest BCUT2D eigenvalue weighted by Gasteiger charge is -2.33. The smallest absolute Gasteiger partial charge is 0.303 e. The minimum absolute atomic E-state index is 0.0185. The number of nitrogens with one attached hydrogen (secondary N) is 1. The van der Waals surface area contributed by atoms with Crippen molar-refractivity contribution < 1.29 is 18.3 Å². The highest BCUT2D eigenvalue weighted by Crippen LogP contribution is 2.22. The van der Waals surface area contributed by atoms with Crippen molar-refractivity contribution in [2.45, 2.75) is 33.1 Å². The summed E-state index contributed by atoms with van der Waals surface area (Å²) in [7, 11) is -3.46. The van der Waals surface area contributed by atoms with Gasteiger partial charge in [0.15, 0.2) is 0 Å². The third kappa shape index (κ3) is 4.91. The molecule has 0 amide bonds. The zero-order valence-electron chi connectivity index (χ0n) is 10.9. The molecule has 1 rings (SSSR count). The molecule has 0 saturated carbocycles. The molecule has 6 nitrogen and oxygen atoms in total. The average molecular weight is 278 g/mol. The van der Waals surface area contributed by atoms with Gasteiger partial charge in [0.1, 0.15) is 0 Å². The Morgan fingerprint density at radius 1 is 1.33 bits per heavy atom. The van der Waals surface area contributed by atoms with Gasteiger partial charge in [-0.25, -0.2) is 4.72 Å². The van der Waals surface area contributed by atoms with E-state index in [0.29, 0.717) is 31.3 Å². The topological polar surface area (TPSA) is 86.7 Å². The number of hydrogen-bond acceptors (Lipinski definition) is 3. The Morgan fingerprint density at radius 2 is 1.89 bits per heavy atom. The van der Waals surface area contributed by atoms with E-state index in [4.69, 9.17) is 5.11 Å². The SMILES string of the molecule is CC1CC(C)CN(S(=O)(=O)NCCCC(=O)O)C1. The van der Waals surface area contributed by atoms with Gasteiger partial charge in [0.05, 0.1) is 0 Å². The van der Waals surface area contributed by atoms with Crippen LogP contribution in [0, 0.1) is 11.8 Å². The molecule has 1 heterocycles. The first kappa shape index (κ1) is 15.4. The minimum Gasteiger partial charge on any atom is -0.481 e. The lowest BCUT2D eigenvalue weighted by atomic mass is 9.94. The van der Waals surface area contributed by atoms with Crippen molar-refractivity contribution in [3.05, 3.63) is 0 Å². The Labute approximate surface area is 109 Å². The van der Waals surface area contributed by atoms with E-state index in [1.165, 1.54) is 4.31 Å². The molecular weight excluding hydrogens is 256 g/mol. The molecule has 106 valence electrons. The van der Waals surface area contributed by atoms with Crippen LogP contribution in [-0.4, -0.2) is 43.4 Å². The summed E-state index contributed by atoms with van der Waals surface area (Å²) in [5.74, 6) is -0.178. The maximum atomic E-state index is 12.0. The molecule has 18 heavy (non-hydrogen) atoms. The van der Waals surface area contributed by atoms with Crippen molar-refractivity contribution in [1.29, 1.82) is 0 Å². The van der Waals surface area contributed by atoms with Gasteiger partial charge in [-0.05, 0) is 24.7 Å². The first-order valence-corrected chi connectivity index (χ1v) is 7.72. The van der Waals surface area contributed by atoms with Gasteiger partial charge in [0.25, 0.3) is 10.2 Å². The standard InChI is InChI=1S/C11H22N2O4S/c1-9-6-10(2)8-13(7-9)18(16,17)12-5-3-4-11(14)15/h9-10,12H,3-8H2,1-2H3,(H,14,15). The van der Waals surface area contributed by atoms with Crippen molar-refractivity contribution in [3.8, 4) is 0 Å². The number of piperidine rings is 1. The number of nitrogens with zero attached hydrogens (tertiary/aromatic N) is 1. The second kappa shape index (κ2) is 6.49. The Balaban J connectivity index is 2.45. The van der Waals surface area contributed by atoms with E-state index in [2.05, 4.69) is 4.72 Å². The van der Waals surface area contributed by atoms with E-state index >= 15 is 0 Å². The second-order valence-electron chi connectivity index (χ2n) is 5.16. The molecule has 2 N–H and O–H groups in total. The lowest BCUT2D eigenvalue weighted by molar-refractivity contribution is -0.137. The van der Waals surface area contributed by atoms with Crippen molar-refractivity contribution in [3.63, 3.8) is 0 Å². The van der Waals surface area contributed by atoms with Crippen LogP contribution in [-0.2, 0) is 15.0 Å². The predicted molar refractivity (Wildman–Crippen MR) is 68.3 cm³/mol. The fourth-order valence-electron chi connectivity index (χ4n) is 2.33. The highest BCUT2D eigenvalue weighted by atomic mass is 32.2. The summed E-state index contributed by atoms with van der Waals surface area (Å²) in [5.41, 5.74) is 0. The molecule has 0 aromatic carbocycles. The van der Waals surface area contributed by atoms with Gasteiger partial charge in [-0.1, -0.05) is 13.8 Å². The molecule has 1 fully saturated rings. The minimum atomic E-state index is -3.46. The summed E-state index contributed by atoms with van der Waals surface area (Å²) >= 11 is 0. The molecule has 2 atom stereocenters. The Morgan fingerprint density at radius 3 is 2.39 bits per heavy atom. The molecule has 7 heteroatoms. The molecule has 0 aliphatic carbocycles. The third-order valence-corrected chi connectivity index (χ3v) is 4.57. The fraction of sp³-hybridized carbons (Fsp3) is 0.909. The summed E-state index contributed by atoms with van der Waals surface area (Å²) in [4.78, 5) is 10.3. The van der Waals surface area contributed by atoms with Crippen LogP contribution in [0.4, 0.5) is 0 Å². The van der Waals surface area contributed by atoms with Crippen LogP contribution in [0.3, 0.4) is 0 Å². The highest BCUT2D eigenvalue weighted by Gasteiger charge is 2.29. The molecule has 0 radical (unpaired) electrons. The Bertz CT molecular complexity index is 373. The Kier molecular flexibility index (Phi) is 5.55. The van der Waals surface area contributed by atoms with Crippen LogP contribution in [0.25, 0.3) is 0 Å². The maximum absolute atomic E-state index is 12.0. The number of carboxylic acid groups (broad SMARTS) is 1. The van der Waals surface area contributed by atoms with Crippen LogP contribution in [0.2, 0.25) is 0 Å². The zero-order valence-corrected chi connectivity index (χ0v) is 11.7. The average Bonchev–Trinajstić information content (AvgIpc) is 2.23. The van der Waals surface area contributed by atoms with E-state index in [9.17, 15) is 13.2 Å². The monoisotopic (exact) mass is 278 g/mol. The summed E-state index contributed by atoms with van der Waals surface area (Å²) in [6.07, 6.45) is 1.34. The summed E-state index contributed by atoms with van der Waals surface area (Å²) < 4.78 is 27.9. The van der Waals surface area contributed by atoms with Gasteiger partial charge >= 0.3 is 5.97 Å². The van der Waals surface area contributed by atoms with Gasteiger partial charge in [-0.2, -0.15) is 12.7 Å². The molecule has 1 aliphatic rings. The summed E-state index contributed by atoms with van der Waals surface area (Å²) in [6, 6.07) is 0. The normalized spacial score (nSPS) is 26.1. The molecular formula is C11H22N2O4S. The van der Waals surface area contributed by atoms with Crippen LogP contribution >= 0.6 is 0 Å². The zero-order chi connectivity index (χ0) is 13.8. The number of carboxylic acids is 1. The molecule has 2 unspecified atom stereocenters. The summed E-state index contributed by atoms with van der Waals surface area (Å²) in [5, 5.41) is 8.47. The first-order valence-electron chi connectivity index (χ1n) is 6.28. The quantitative estimate of drug-likeness (QED) is 0.699. The van der Waals surface area contributed by atoms with Crippen molar-refractivity contribution >= 4 is 16.2 Å². The van der Waals surface area contributed by atoms with E-state index in [1.807, 2.05) is 13.8 Å². The first-order chi connectivity index (χ1) is 8.31. The fourth-order valence-corrected chi connectivity index (χ4v) is 3.82.